The Morgan fingerprint density at radius 1 is 1.20 bits per heavy atom. The largest absolute Gasteiger partial charge is 0.444 e. The zero-order valence-electron chi connectivity index (χ0n) is 17.8. The molecule has 2 heterocycles. The highest BCUT2D eigenvalue weighted by Gasteiger charge is 2.35. The Morgan fingerprint density at radius 2 is 2.00 bits per heavy atom. The third-order valence-corrected chi connectivity index (χ3v) is 5.29. The number of benzene rings is 1. The summed E-state index contributed by atoms with van der Waals surface area (Å²) in [7, 11) is 0. The van der Waals surface area contributed by atoms with E-state index in [2.05, 4.69) is 20.5 Å². The number of aromatic nitrogens is 3. The molecule has 0 spiro atoms. The summed E-state index contributed by atoms with van der Waals surface area (Å²) in [6.45, 7) is 6.00. The van der Waals surface area contributed by atoms with Gasteiger partial charge < -0.3 is 10.1 Å². The third-order valence-electron chi connectivity index (χ3n) is 5.29. The quantitative estimate of drug-likeness (QED) is 0.790. The fourth-order valence-corrected chi connectivity index (χ4v) is 3.65. The summed E-state index contributed by atoms with van der Waals surface area (Å²) in [4.78, 5) is 31.7. The first-order chi connectivity index (χ1) is 14.3. The molecule has 1 aliphatic carbocycles. The van der Waals surface area contributed by atoms with Crippen LogP contribution in [0.5, 0.6) is 0 Å². The SMILES string of the molecule is CC(C)(C)OC(=O)N1CCCC[C@@H]1C(=O)Nc1cccc(-c2n[nH]c(C3CC3)n2)c1. The first-order valence-corrected chi connectivity index (χ1v) is 10.6. The molecule has 8 nitrogen and oxygen atoms in total. The third kappa shape index (κ3) is 4.80. The summed E-state index contributed by atoms with van der Waals surface area (Å²) in [5.74, 6) is 1.85. The molecule has 2 N–H and O–H groups in total. The summed E-state index contributed by atoms with van der Waals surface area (Å²) >= 11 is 0. The first-order valence-electron chi connectivity index (χ1n) is 10.6. The van der Waals surface area contributed by atoms with E-state index in [9.17, 15) is 9.59 Å². The van der Waals surface area contributed by atoms with Crippen LogP contribution in [0.2, 0.25) is 0 Å². The van der Waals surface area contributed by atoms with Crippen molar-refractivity contribution in [2.45, 2.75) is 70.4 Å². The second-order valence-electron chi connectivity index (χ2n) is 9.07. The summed E-state index contributed by atoms with van der Waals surface area (Å²) in [6, 6.07) is 6.94. The van der Waals surface area contributed by atoms with Gasteiger partial charge in [0.05, 0.1) is 0 Å². The minimum absolute atomic E-state index is 0.202. The minimum Gasteiger partial charge on any atom is -0.444 e. The monoisotopic (exact) mass is 411 g/mol. The molecular weight excluding hydrogens is 382 g/mol. The Hall–Kier alpha value is -2.90. The highest BCUT2D eigenvalue weighted by Crippen LogP contribution is 2.38. The van der Waals surface area contributed by atoms with Gasteiger partial charge in [-0.25, -0.2) is 9.78 Å². The molecule has 2 aliphatic rings. The molecule has 0 unspecified atom stereocenters. The van der Waals surface area contributed by atoms with E-state index in [0.29, 0.717) is 30.4 Å². The van der Waals surface area contributed by atoms with Crippen molar-refractivity contribution >= 4 is 17.7 Å². The lowest BCUT2D eigenvalue weighted by Crippen LogP contribution is -2.51. The maximum atomic E-state index is 13.0. The summed E-state index contributed by atoms with van der Waals surface area (Å²) in [5, 5.41) is 10.3. The molecule has 2 aromatic rings. The van der Waals surface area contributed by atoms with E-state index in [1.165, 1.54) is 0 Å². The number of piperidine rings is 1. The molecule has 0 radical (unpaired) electrons. The van der Waals surface area contributed by atoms with Crippen molar-refractivity contribution in [1.82, 2.24) is 20.1 Å². The van der Waals surface area contributed by atoms with Gasteiger partial charge in [-0.2, -0.15) is 5.10 Å². The average molecular weight is 412 g/mol. The van der Waals surface area contributed by atoms with Crippen LogP contribution < -0.4 is 5.32 Å². The van der Waals surface area contributed by atoms with Crippen molar-refractivity contribution in [2.75, 3.05) is 11.9 Å². The first kappa shape index (κ1) is 20.4. The number of carbonyl (C=O) groups excluding carboxylic acids is 2. The second-order valence-corrected chi connectivity index (χ2v) is 9.07. The van der Waals surface area contributed by atoms with Crippen LogP contribution in [-0.4, -0.2) is 50.3 Å². The molecule has 1 atom stereocenters. The molecular formula is C22H29N5O3. The smallest absolute Gasteiger partial charge is 0.410 e. The van der Waals surface area contributed by atoms with E-state index in [4.69, 9.17) is 4.74 Å². The predicted octanol–water partition coefficient (Wildman–Crippen LogP) is 4.08. The Labute approximate surface area is 176 Å². The van der Waals surface area contributed by atoms with Crippen molar-refractivity contribution in [3.05, 3.63) is 30.1 Å². The molecule has 0 bridgehead atoms. The molecule has 1 saturated heterocycles. The number of amides is 2. The van der Waals surface area contributed by atoms with Crippen molar-refractivity contribution in [3.63, 3.8) is 0 Å². The highest BCUT2D eigenvalue weighted by atomic mass is 16.6. The molecule has 1 aromatic carbocycles. The Kier molecular flexibility index (Phi) is 5.49. The number of likely N-dealkylation sites (tertiary alicyclic amines) is 1. The standard InChI is InChI=1S/C22H29N5O3/c1-22(2,3)30-21(29)27-12-5-4-9-17(27)20(28)23-16-8-6-7-15(13-16)19-24-18(25-26-19)14-10-11-14/h6-8,13-14,17H,4-5,9-12H2,1-3H3,(H,23,28)(H,24,25,26)/t17-/m1/s1. The molecule has 1 saturated carbocycles. The van der Waals surface area contributed by atoms with E-state index < -0.39 is 17.7 Å². The molecule has 1 aliphatic heterocycles. The minimum atomic E-state index is -0.597. The molecule has 2 amide bonds. The lowest BCUT2D eigenvalue weighted by molar-refractivity contribution is -0.122. The van der Waals surface area contributed by atoms with Gasteiger partial charge in [0.1, 0.15) is 17.5 Å². The van der Waals surface area contributed by atoms with E-state index in [-0.39, 0.29) is 5.91 Å². The topological polar surface area (TPSA) is 100 Å². The van der Waals surface area contributed by atoms with Gasteiger partial charge in [0.15, 0.2) is 5.82 Å². The lowest BCUT2D eigenvalue weighted by atomic mass is 10.0. The summed E-state index contributed by atoms with van der Waals surface area (Å²) in [5.41, 5.74) is 0.897. The van der Waals surface area contributed by atoms with Crippen LogP contribution in [0.1, 0.15) is 64.6 Å². The van der Waals surface area contributed by atoms with Crippen LogP contribution >= 0.6 is 0 Å². The van der Waals surface area contributed by atoms with Crippen LogP contribution in [0.25, 0.3) is 11.4 Å². The van der Waals surface area contributed by atoms with Gasteiger partial charge in [-0.15, -0.1) is 0 Å². The van der Waals surface area contributed by atoms with Crippen molar-refractivity contribution in [1.29, 1.82) is 0 Å². The number of aromatic amines is 1. The number of carbonyl (C=O) groups is 2. The van der Waals surface area contributed by atoms with Gasteiger partial charge in [-0.3, -0.25) is 14.8 Å². The lowest BCUT2D eigenvalue weighted by Gasteiger charge is -2.35. The fraction of sp³-hybridized carbons (Fsp3) is 0.545. The normalized spacial score (nSPS) is 19.4. The van der Waals surface area contributed by atoms with Gasteiger partial charge in [0.25, 0.3) is 0 Å². The fourth-order valence-electron chi connectivity index (χ4n) is 3.65. The molecule has 2 fully saturated rings. The van der Waals surface area contributed by atoms with Crippen LogP contribution in [0, 0.1) is 0 Å². The Bertz CT molecular complexity index is 929. The van der Waals surface area contributed by atoms with E-state index in [0.717, 1.165) is 37.1 Å². The maximum absolute atomic E-state index is 13.0. The van der Waals surface area contributed by atoms with Gasteiger partial charge in [-0.05, 0) is 65.0 Å². The molecule has 4 rings (SSSR count). The molecule has 160 valence electrons. The number of H-pyrrole nitrogens is 1. The zero-order chi connectivity index (χ0) is 21.3. The van der Waals surface area contributed by atoms with Crippen LogP contribution in [0.15, 0.2) is 24.3 Å². The van der Waals surface area contributed by atoms with Crippen LogP contribution in [-0.2, 0) is 9.53 Å². The number of nitrogens with zero attached hydrogens (tertiary/aromatic N) is 3. The van der Waals surface area contributed by atoms with Crippen LogP contribution in [0.4, 0.5) is 10.5 Å². The van der Waals surface area contributed by atoms with Gasteiger partial charge in [-0.1, -0.05) is 12.1 Å². The summed E-state index contributed by atoms with van der Waals surface area (Å²) < 4.78 is 5.50. The molecule has 1 aromatic heterocycles. The van der Waals surface area contributed by atoms with Gasteiger partial charge in [0.2, 0.25) is 5.91 Å². The van der Waals surface area contributed by atoms with E-state index in [1.54, 1.807) is 4.90 Å². The number of anilines is 1. The predicted molar refractivity (Wildman–Crippen MR) is 113 cm³/mol. The molecule has 8 heteroatoms. The number of rotatable bonds is 4. The van der Waals surface area contributed by atoms with Crippen molar-refractivity contribution in [2.24, 2.45) is 0 Å². The van der Waals surface area contributed by atoms with Crippen LogP contribution in [0.3, 0.4) is 0 Å². The summed E-state index contributed by atoms with van der Waals surface area (Å²) in [6.07, 6.45) is 4.26. The van der Waals surface area contributed by atoms with Gasteiger partial charge >= 0.3 is 6.09 Å². The Morgan fingerprint density at radius 3 is 2.73 bits per heavy atom. The number of hydrogen-bond donors (Lipinski definition) is 2. The second kappa shape index (κ2) is 8.08. The maximum Gasteiger partial charge on any atom is 0.410 e. The number of ether oxygens (including phenoxy) is 1. The van der Waals surface area contributed by atoms with Crippen molar-refractivity contribution < 1.29 is 14.3 Å². The molecule has 30 heavy (non-hydrogen) atoms. The highest BCUT2D eigenvalue weighted by molar-refractivity contribution is 5.97. The van der Waals surface area contributed by atoms with Crippen molar-refractivity contribution in [3.8, 4) is 11.4 Å². The van der Waals surface area contributed by atoms with Gasteiger partial charge in [0, 0.05) is 23.7 Å². The zero-order valence-corrected chi connectivity index (χ0v) is 17.8. The average Bonchev–Trinajstić information content (AvgIpc) is 3.43. The number of hydrogen-bond acceptors (Lipinski definition) is 5. The Balaban J connectivity index is 1.46. The van der Waals surface area contributed by atoms with E-state index >= 15 is 0 Å². The van der Waals surface area contributed by atoms with E-state index in [1.807, 2.05) is 45.0 Å². The number of nitrogens with one attached hydrogen (secondary N) is 2.